The van der Waals surface area contributed by atoms with Crippen molar-refractivity contribution in [3.05, 3.63) is 168 Å². The van der Waals surface area contributed by atoms with E-state index in [-0.39, 0.29) is 28.2 Å². The zero-order valence-corrected chi connectivity index (χ0v) is 37.6. The van der Waals surface area contributed by atoms with Crippen molar-refractivity contribution in [2.24, 2.45) is 0 Å². The first-order valence-electron chi connectivity index (χ1n) is 22.0. The van der Waals surface area contributed by atoms with Crippen molar-refractivity contribution in [1.29, 1.82) is 0 Å². The van der Waals surface area contributed by atoms with Crippen LogP contribution >= 0.6 is 0 Å². The second-order valence-corrected chi connectivity index (χ2v) is 20.9. The number of carbonyl (C=O) groups is 1. The number of fused-ring (bicyclic) bond motifs is 3. The Kier molecular flexibility index (Phi) is 12.9. The van der Waals surface area contributed by atoms with Gasteiger partial charge in [0, 0.05) is 95.9 Å². The SMILES string of the molecule is O=C(O)Cn1cc(C2CCN(S(=O)(=O)c3ccc(F)cc3)C2)c2ccccc21.O=S(=O)(c1ccc(F)cc1)N1CCC(c2c[nH]c3ccccc23)C1.c1ccc2c(C3CCNC3)c[nH]c2c1. The molecule has 0 spiro atoms. The lowest BCUT2D eigenvalue weighted by atomic mass is 9.98. The van der Waals surface area contributed by atoms with Gasteiger partial charge >= 0.3 is 5.97 Å². The summed E-state index contributed by atoms with van der Waals surface area (Å²) >= 11 is 0. The molecule has 3 aliphatic rings. The Balaban J connectivity index is 0.000000131. The van der Waals surface area contributed by atoms with Crippen LogP contribution in [0.1, 0.15) is 53.7 Å². The molecule has 0 aliphatic carbocycles. The van der Waals surface area contributed by atoms with Crippen molar-refractivity contribution in [3.63, 3.8) is 0 Å². The van der Waals surface area contributed by atoms with Crippen molar-refractivity contribution in [2.45, 2.75) is 53.4 Å². The molecule has 342 valence electrons. The van der Waals surface area contributed by atoms with Gasteiger partial charge in [0.25, 0.3) is 0 Å². The molecule has 12 nitrogen and oxygen atoms in total. The van der Waals surface area contributed by atoms with E-state index in [1.54, 1.807) is 4.57 Å². The maximum atomic E-state index is 13.1. The third-order valence-corrected chi connectivity index (χ3v) is 16.7. The summed E-state index contributed by atoms with van der Waals surface area (Å²) in [6.07, 6.45) is 8.65. The Bertz CT molecular complexity index is 3220. The predicted molar refractivity (Wildman–Crippen MR) is 251 cm³/mol. The average molecular weight is 933 g/mol. The maximum Gasteiger partial charge on any atom is 0.323 e. The Morgan fingerprint density at radius 3 is 1.56 bits per heavy atom. The molecule has 0 bridgehead atoms. The molecule has 3 fully saturated rings. The van der Waals surface area contributed by atoms with Crippen molar-refractivity contribution >= 4 is 58.7 Å². The second-order valence-electron chi connectivity index (χ2n) is 17.0. The molecule has 0 radical (unpaired) electrons. The van der Waals surface area contributed by atoms with E-state index < -0.39 is 37.7 Å². The zero-order chi connectivity index (χ0) is 46.0. The summed E-state index contributed by atoms with van der Waals surface area (Å²) in [5, 5.41) is 16.0. The average Bonchev–Trinajstić information content (AvgIpc) is 4.19. The highest BCUT2D eigenvalue weighted by molar-refractivity contribution is 7.89. The third-order valence-electron chi connectivity index (χ3n) is 13.0. The number of aromatic amines is 2. The standard InChI is InChI=1S/C20H19FN2O4S.C18H17FN2O2S.C12H14N2/c21-15-5-7-16(8-6-15)28(26,27)23-10-9-14(11-23)18-12-22(13-20(24)25)19-4-2-1-3-17(18)19;19-14-5-7-15(8-6-14)24(22,23)21-10-9-13(12-21)17-11-20-18-4-2-1-3-16(17)18;1-2-4-12-10(3-1)11(8-14-12)9-5-6-13-7-9/h1-8,12,14H,9-11,13H2,(H,24,25);1-8,11,13,20H,9-10,12H2;1-4,8-9,13-14H,5-7H2. The van der Waals surface area contributed by atoms with Crippen LogP contribution in [-0.2, 0) is 31.4 Å². The molecule has 3 aromatic heterocycles. The fourth-order valence-corrected chi connectivity index (χ4v) is 12.6. The summed E-state index contributed by atoms with van der Waals surface area (Å²) in [5.41, 5.74) is 6.73. The van der Waals surface area contributed by atoms with E-state index in [9.17, 15) is 30.4 Å². The van der Waals surface area contributed by atoms with Crippen molar-refractivity contribution in [1.82, 2.24) is 28.5 Å². The smallest absolute Gasteiger partial charge is 0.323 e. The van der Waals surface area contributed by atoms with E-state index >= 15 is 0 Å². The molecule has 66 heavy (non-hydrogen) atoms. The minimum absolute atomic E-state index is 0.0323. The second kappa shape index (κ2) is 19.0. The molecule has 4 N–H and O–H groups in total. The number of benzene rings is 5. The topological polar surface area (TPSA) is 161 Å². The van der Waals surface area contributed by atoms with Gasteiger partial charge in [-0.1, -0.05) is 54.6 Å². The van der Waals surface area contributed by atoms with Crippen LogP contribution in [0, 0.1) is 11.6 Å². The number of carboxylic acids is 1. The van der Waals surface area contributed by atoms with Gasteiger partial charge in [0.1, 0.15) is 18.2 Å². The van der Waals surface area contributed by atoms with Gasteiger partial charge in [0.2, 0.25) is 20.0 Å². The van der Waals surface area contributed by atoms with Crippen LogP contribution in [0.15, 0.2) is 150 Å². The highest BCUT2D eigenvalue weighted by atomic mass is 32.2. The Labute approximate surface area is 382 Å². The monoisotopic (exact) mass is 932 g/mol. The molecular weight excluding hydrogens is 883 g/mol. The van der Waals surface area contributed by atoms with E-state index in [2.05, 4.69) is 51.8 Å². The molecule has 16 heteroatoms. The van der Waals surface area contributed by atoms with E-state index in [1.807, 2.05) is 54.9 Å². The Morgan fingerprint density at radius 2 is 1.06 bits per heavy atom. The van der Waals surface area contributed by atoms with Crippen LogP contribution < -0.4 is 5.32 Å². The lowest BCUT2D eigenvalue weighted by molar-refractivity contribution is -0.137. The number of rotatable bonds is 9. The summed E-state index contributed by atoms with van der Waals surface area (Å²) in [6.45, 7) is 3.73. The van der Waals surface area contributed by atoms with Crippen LogP contribution in [-0.4, -0.2) is 90.3 Å². The molecule has 0 amide bonds. The minimum atomic E-state index is -3.70. The number of hydrogen-bond acceptors (Lipinski definition) is 6. The normalized spacial score (nSPS) is 19.2. The number of aliphatic carboxylic acids is 1. The highest BCUT2D eigenvalue weighted by Crippen LogP contribution is 2.37. The molecule has 6 heterocycles. The van der Waals surface area contributed by atoms with Crippen LogP contribution in [0.25, 0.3) is 32.7 Å². The quantitative estimate of drug-likeness (QED) is 0.113. The zero-order valence-electron chi connectivity index (χ0n) is 36.0. The van der Waals surface area contributed by atoms with Crippen LogP contribution in [0.4, 0.5) is 8.78 Å². The lowest BCUT2D eigenvalue weighted by Crippen LogP contribution is -2.28. The summed E-state index contributed by atoms with van der Waals surface area (Å²) in [6, 6.07) is 33.9. The van der Waals surface area contributed by atoms with Crippen molar-refractivity contribution in [2.75, 3.05) is 39.3 Å². The van der Waals surface area contributed by atoms with E-state index in [4.69, 9.17) is 5.11 Å². The minimum Gasteiger partial charge on any atom is -0.480 e. The highest BCUT2D eigenvalue weighted by Gasteiger charge is 2.36. The van der Waals surface area contributed by atoms with E-state index in [0.29, 0.717) is 38.5 Å². The molecule has 3 aliphatic heterocycles. The molecule has 0 saturated carbocycles. The van der Waals surface area contributed by atoms with Crippen molar-refractivity contribution < 1.29 is 35.5 Å². The first-order valence-corrected chi connectivity index (χ1v) is 24.9. The number of para-hydroxylation sites is 3. The Hall–Kier alpha value is -6.17. The number of nitrogens with one attached hydrogen (secondary N) is 3. The molecular formula is C50H50F2N6O6S2. The molecule has 5 aromatic carbocycles. The first-order chi connectivity index (χ1) is 31.9. The van der Waals surface area contributed by atoms with Gasteiger partial charge in [-0.2, -0.15) is 8.61 Å². The summed E-state index contributed by atoms with van der Waals surface area (Å²) in [7, 11) is -7.27. The first kappa shape index (κ1) is 45.0. The number of carboxylic acid groups (broad SMARTS) is 1. The number of aromatic nitrogens is 3. The van der Waals surface area contributed by atoms with Crippen LogP contribution in [0.5, 0.6) is 0 Å². The van der Waals surface area contributed by atoms with Crippen molar-refractivity contribution in [3.8, 4) is 0 Å². The number of H-pyrrole nitrogens is 2. The van der Waals surface area contributed by atoms with Gasteiger partial charge < -0.3 is 25.0 Å². The molecule has 11 rings (SSSR count). The van der Waals surface area contributed by atoms with Gasteiger partial charge in [0.15, 0.2) is 0 Å². The fourth-order valence-electron chi connectivity index (χ4n) is 9.57. The summed E-state index contributed by atoms with van der Waals surface area (Å²) < 4.78 is 81.9. The largest absolute Gasteiger partial charge is 0.480 e. The van der Waals surface area contributed by atoms with Gasteiger partial charge in [-0.3, -0.25) is 4.79 Å². The van der Waals surface area contributed by atoms with Gasteiger partial charge in [-0.25, -0.2) is 25.6 Å². The number of sulfonamides is 2. The third kappa shape index (κ3) is 9.28. The predicted octanol–water partition coefficient (Wildman–Crippen LogP) is 8.77. The molecule has 8 aromatic rings. The molecule has 3 atom stereocenters. The lowest BCUT2D eigenvalue weighted by Gasteiger charge is -2.16. The summed E-state index contributed by atoms with van der Waals surface area (Å²) in [5.74, 6) is -1.02. The van der Waals surface area contributed by atoms with Gasteiger partial charge in [-0.15, -0.1) is 0 Å². The summed E-state index contributed by atoms with van der Waals surface area (Å²) in [4.78, 5) is 18.0. The van der Waals surface area contributed by atoms with Gasteiger partial charge in [-0.05, 0) is 115 Å². The van der Waals surface area contributed by atoms with Gasteiger partial charge in [0.05, 0.1) is 9.79 Å². The Morgan fingerprint density at radius 1 is 0.591 bits per heavy atom. The van der Waals surface area contributed by atoms with Crippen LogP contribution in [0.2, 0.25) is 0 Å². The molecule has 3 unspecified atom stereocenters. The van der Waals surface area contributed by atoms with Crippen LogP contribution in [0.3, 0.4) is 0 Å². The fraction of sp³-hybridized carbons (Fsp3) is 0.260. The maximum absolute atomic E-state index is 13.1. The number of hydrogen-bond donors (Lipinski definition) is 4. The van der Waals surface area contributed by atoms with E-state index in [1.165, 1.54) is 67.9 Å². The molecule has 3 saturated heterocycles. The number of nitrogens with zero attached hydrogens (tertiary/aromatic N) is 3. The number of halogens is 2. The van der Waals surface area contributed by atoms with E-state index in [0.717, 1.165) is 64.6 Å².